The fraction of sp³-hybridized carbons (Fsp3) is 0.789. The highest BCUT2D eigenvalue weighted by Crippen LogP contribution is 2.32. The minimum Gasteiger partial charge on any atom is -0.394 e. The van der Waals surface area contributed by atoms with Crippen LogP contribution >= 0.6 is 0 Å². The highest BCUT2D eigenvalue weighted by molar-refractivity contribution is 6.23. The lowest BCUT2D eigenvalue weighted by Gasteiger charge is -2.44. The van der Waals surface area contributed by atoms with Crippen LogP contribution in [0.4, 0.5) is 4.79 Å². The number of amides is 4. The van der Waals surface area contributed by atoms with E-state index < -0.39 is 23.8 Å². The molecule has 3 rings (SSSR count). The second kappa shape index (κ2) is 8.75. The van der Waals surface area contributed by atoms with Gasteiger partial charge in [-0.15, -0.1) is 0 Å². The van der Waals surface area contributed by atoms with Gasteiger partial charge in [0.25, 0.3) is 0 Å². The summed E-state index contributed by atoms with van der Waals surface area (Å²) in [5, 5.41) is 8.92. The summed E-state index contributed by atoms with van der Waals surface area (Å²) >= 11 is 0. The zero-order valence-electron chi connectivity index (χ0n) is 15.3. The SMILES string of the molecule is O=C1C(C=NCCO)C(=O)N(C2CCCCC2)C(=O)N1C1CCCCC1. The zero-order valence-corrected chi connectivity index (χ0v) is 15.3. The number of carbonyl (C=O) groups is 3. The predicted octanol–water partition coefficient (Wildman–Crippen LogP) is 2.12. The van der Waals surface area contributed by atoms with Crippen molar-refractivity contribution in [1.29, 1.82) is 0 Å². The van der Waals surface area contributed by atoms with E-state index in [4.69, 9.17) is 5.11 Å². The van der Waals surface area contributed by atoms with Crippen molar-refractivity contribution in [3.05, 3.63) is 0 Å². The van der Waals surface area contributed by atoms with E-state index in [2.05, 4.69) is 4.99 Å². The van der Waals surface area contributed by atoms with Crippen LogP contribution in [0.5, 0.6) is 0 Å². The molecule has 2 aliphatic carbocycles. The molecule has 0 aromatic rings. The maximum atomic E-state index is 13.1. The summed E-state index contributed by atoms with van der Waals surface area (Å²) in [5.74, 6) is -1.93. The molecule has 1 N–H and O–H groups in total. The molecule has 144 valence electrons. The summed E-state index contributed by atoms with van der Waals surface area (Å²) in [6, 6.07) is -0.654. The van der Waals surface area contributed by atoms with E-state index in [1.54, 1.807) is 0 Å². The van der Waals surface area contributed by atoms with Gasteiger partial charge in [-0.25, -0.2) is 4.79 Å². The Labute approximate surface area is 154 Å². The van der Waals surface area contributed by atoms with Crippen LogP contribution in [0.3, 0.4) is 0 Å². The van der Waals surface area contributed by atoms with Crippen molar-refractivity contribution in [3.8, 4) is 0 Å². The van der Waals surface area contributed by atoms with Gasteiger partial charge < -0.3 is 5.11 Å². The largest absolute Gasteiger partial charge is 0.394 e. The molecule has 7 heteroatoms. The van der Waals surface area contributed by atoms with Gasteiger partial charge in [0.2, 0.25) is 11.8 Å². The van der Waals surface area contributed by atoms with E-state index in [-0.39, 0.29) is 25.2 Å². The number of aliphatic imine (C=N–C) groups is 1. The van der Waals surface area contributed by atoms with Gasteiger partial charge in [0.05, 0.1) is 13.2 Å². The van der Waals surface area contributed by atoms with Gasteiger partial charge in [0.15, 0.2) is 5.92 Å². The molecule has 1 heterocycles. The maximum Gasteiger partial charge on any atom is 0.333 e. The fourth-order valence-corrected chi connectivity index (χ4v) is 4.43. The zero-order chi connectivity index (χ0) is 18.5. The first-order valence-electron chi connectivity index (χ1n) is 9.96. The Morgan fingerprint density at radius 3 is 1.73 bits per heavy atom. The third-order valence-electron chi connectivity index (χ3n) is 5.78. The molecule has 2 saturated carbocycles. The van der Waals surface area contributed by atoms with Gasteiger partial charge in [-0.05, 0) is 25.7 Å². The molecule has 0 aromatic heterocycles. The number of imide groups is 2. The Bertz CT molecular complexity index is 525. The molecule has 26 heavy (non-hydrogen) atoms. The summed E-state index contributed by atoms with van der Waals surface area (Å²) < 4.78 is 0. The molecule has 0 radical (unpaired) electrons. The second-order valence-electron chi connectivity index (χ2n) is 7.54. The topological polar surface area (TPSA) is 90.3 Å². The Kier molecular flexibility index (Phi) is 6.40. The average molecular weight is 363 g/mol. The fourth-order valence-electron chi connectivity index (χ4n) is 4.43. The van der Waals surface area contributed by atoms with Crippen LogP contribution in [0.15, 0.2) is 4.99 Å². The number of hydrogen-bond acceptors (Lipinski definition) is 5. The van der Waals surface area contributed by atoms with Gasteiger partial charge in [0.1, 0.15) is 0 Å². The molecule has 0 unspecified atom stereocenters. The van der Waals surface area contributed by atoms with Crippen LogP contribution in [0.1, 0.15) is 64.2 Å². The molecule has 4 amide bonds. The Morgan fingerprint density at radius 2 is 1.31 bits per heavy atom. The van der Waals surface area contributed by atoms with E-state index in [1.807, 2.05) is 0 Å². The molecule has 3 aliphatic rings. The van der Waals surface area contributed by atoms with Crippen molar-refractivity contribution in [2.45, 2.75) is 76.3 Å². The number of aliphatic hydroxyl groups excluding tert-OH is 1. The summed E-state index contributed by atoms with van der Waals surface area (Å²) in [6.07, 6.45) is 10.8. The highest BCUT2D eigenvalue weighted by Gasteiger charge is 2.49. The van der Waals surface area contributed by atoms with Crippen molar-refractivity contribution in [1.82, 2.24) is 9.80 Å². The second-order valence-corrected chi connectivity index (χ2v) is 7.54. The number of nitrogens with zero attached hydrogens (tertiary/aromatic N) is 3. The number of carbonyl (C=O) groups excluding carboxylic acids is 3. The Hall–Kier alpha value is -1.76. The summed E-state index contributed by atoms with van der Waals surface area (Å²) in [6.45, 7) is 0.0150. The molecule has 1 saturated heterocycles. The minimum atomic E-state index is -1.04. The van der Waals surface area contributed by atoms with Crippen molar-refractivity contribution < 1.29 is 19.5 Å². The number of barbiturate groups is 1. The van der Waals surface area contributed by atoms with E-state index in [0.717, 1.165) is 64.2 Å². The van der Waals surface area contributed by atoms with E-state index in [1.165, 1.54) is 16.0 Å². The standard InChI is InChI=1S/C19H29N3O4/c23-12-11-20-13-16-17(24)21(14-7-3-1-4-8-14)19(26)22(18(16)25)15-9-5-2-6-10-15/h13-16,23H,1-12H2. The van der Waals surface area contributed by atoms with Crippen LogP contribution in [0, 0.1) is 5.92 Å². The van der Waals surface area contributed by atoms with E-state index in [9.17, 15) is 14.4 Å². The van der Waals surface area contributed by atoms with Crippen molar-refractivity contribution in [3.63, 3.8) is 0 Å². The Balaban J connectivity index is 1.88. The lowest BCUT2D eigenvalue weighted by molar-refractivity contribution is -0.149. The molecule has 0 spiro atoms. The van der Waals surface area contributed by atoms with Crippen molar-refractivity contribution in [2.24, 2.45) is 10.9 Å². The molecule has 0 atom stereocenters. The van der Waals surface area contributed by atoms with Gasteiger partial charge in [-0.2, -0.15) is 0 Å². The molecule has 3 fully saturated rings. The monoisotopic (exact) mass is 363 g/mol. The molecule has 1 aliphatic heterocycles. The molecule has 7 nitrogen and oxygen atoms in total. The van der Waals surface area contributed by atoms with E-state index in [0.29, 0.717) is 0 Å². The van der Waals surface area contributed by atoms with Crippen LogP contribution in [0.2, 0.25) is 0 Å². The predicted molar refractivity (Wildman–Crippen MR) is 96.8 cm³/mol. The third kappa shape index (κ3) is 3.82. The third-order valence-corrected chi connectivity index (χ3v) is 5.78. The highest BCUT2D eigenvalue weighted by atomic mass is 16.3. The first kappa shape index (κ1) is 19.0. The van der Waals surface area contributed by atoms with Gasteiger partial charge >= 0.3 is 6.03 Å². The molecule has 0 aromatic carbocycles. The molecular formula is C19H29N3O4. The maximum absolute atomic E-state index is 13.1. The number of rotatable bonds is 5. The van der Waals surface area contributed by atoms with Crippen LogP contribution in [0.25, 0.3) is 0 Å². The first-order chi connectivity index (χ1) is 12.6. The Morgan fingerprint density at radius 1 is 0.846 bits per heavy atom. The lowest BCUT2D eigenvalue weighted by atomic mass is 9.90. The van der Waals surface area contributed by atoms with E-state index >= 15 is 0 Å². The summed E-state index contributed by atoms with van der Waals surface area (Å²) in [5.41, 5.74) is 0. The average Bonchev–Trinajstić information content (AvgIpc) is 2.66. The van der Waals surface area contributed by atoms with Gasteiger partial charge in [0, 0.05) is 18.3 Å². The number of urea groups is 1. The normalized spacial score (nSPS) is 24.9. The van der Waals surface area contributed by atoms with Crippen molar-refractivity contribution in [2.75, 3.05) is 13.2 Å². The molecule has 0 bridgehead atoms. The minimum absolute atomic E-state index is 0.114. The summed E-state index contributed by atoms with van der Waals surface area (Å²) in [4.78, 5) is 45.8. The number of aliphatic hydroxyl groups is 1. The summed E-state index contributed by atoms with van der Waals surface area (Å²) in [7, 11) is 0. The first-order valence-corrected chi connectivity index (χ1v) is 9.96. The van der Waals surface area contributed by atoms with Crippen LogP contribution in [-0.2, 0) is 9.59 Å². The van der Waals surface area contributed by atoms with Gasteiger partial charge in [-0.3, -0.25) is 24.4 Å². The number of hydrogen-bond donors (Lipinski definition) is 1. The van der Waals surface area contributed by atoms with Crippen LogP contribution < -0.4 is 0 Å². The molecular weight excluding hydrogens is 334 g/mol. The van der Waals surface area contributed by atoms with Crippen LogP contribution in [-0.4, -0.2) is 64.2 Å². The lowest BCUT2D eigenvalue weighted by Crippen LogP contribution is -2.65. The van der Waals surface area contributed by atoms with Gasteiger partial charge in [-0.1, -0.05) is 38.5 Å². The van der Waals surface area contributed by atoms with Crippen molar-refractivity contribution >= 4 is 24.1 Å². The quantitative estimate of drug-likeness (QED) is 0.598. The smallest absolute Gasteiger partial charge is 0.333 e.